The smallest absolute Gasteiger partial charge is 0.0950 e. The predicted molar refractivity (Wildman–Crippen MR) is 197 cm³/mol. The Morgan fingerprint density at radius 2 is 0.323 bits per heavy atom. The molecule has 0 aromatic heterocycles. The van der Waals surface area contributed by atoms with Gasteiger partial charge >= 0.3 is 0 Å². The molecule has 6 N–H and O–H groups in total. The average Bonchev–Trinajstić information content (AvgIpc) is 2.69. The normalized spacial score (nSPS) is 9.87. The second kappa shape index (κ2) is 46.7. The summed E-state index contributed by atoms with van der Waals surface area (Å²) >= 11 is 0. The fraction of sp³-hybridized carbons (Fsp3) is 1.00. The van der Waals surface area contributed by atoms with Gasteiger partial charge in [-0.1, -0.05) is 78.6 Å². The molecule has 0 spiro atoms. The van der Waals surface area contributed by atoms with Crippen LogP contribution in [0.1, 0.15) is 0 Å². The summed E-state index contributed by atoms with van der Waals surface area (Å²) in [5.74, 6) is 0. The molecule has 0 saturated carbocycles. The van der Waals surface area contributed by atoms with Gasteiger partial charge in [-0.2, -0.15) is 0 Å². The Hall–Kier alpha value is 3.36. The molecule has 31 heavy (non-hydrogen) atoms. The number of hydrogen-bond acceptors (Lipinski definition) is 6. The van der Waals surface area contributed by atoms with Gasteiger partial charge in [-0.25, -0.2) is 0 Å². The number of rotatable bonds is 6. The summed E-state index contributed by atoms with van der Waals surface area (Å²) in [6.07, 6.45) is 0. The molecule has 0 heterocycles. The third-order valence-electron chi connectivity index (χ3n) is 3.46. The van der Waals surface area contributed by atoms with Crippen LogP contribution >= 0.6 is 0 Å². The molecule has 1 radical (unpaired) electrons. The van der Waals surface area contributed by atoms with E-state index in [9.17, 15) is 0 Å². The molecule has 6 nitrogen and oxygen atoms in total. The third-order valence-corrected chi connectivity index (χ3v) is 31.2. The quantitative estimate of drug-likeness (QED) is 0.160. The van der Waals surface area contributed by atoms with Gasteiger partial charge in [0.2, 0.25) is 0 Å². The van der Waals surface area contributed by atoms with Gasteiger partial charge in [0.1, 0.15) is 0 Å². The molecule has 0 aliphatic carbocycles. The molecule has 0 aliphatic rings. The number of nitrogens with one attached hydrogen (secondary N) is 6. The van der Waals surface area contributed by atoms with E-state index in [0.717, 1.165) is 0 Å². The van der Waals surface area contributed by atoms with Crippen molar-refractivity contribution in [1.82, 2.24) is 27.9 Å². The van der Waals surface area contributed by atoms with Gasteiger partial charge in [0.05, 0.1) is 116 Å². The molecule has 0 aromatic rings. The minimum atomic E-state index is -0.338. The van der Waals surface area contributed by atoms with E-state index in [1.807, 2.05) is 0 Å². The molecule has 0 atom stereocenters. The molecule has 0 amide bonds. The zero-order valence-corrected chi connectivity index (χ0v) is 46.4. The van der Waals surface area contributed by atoms with Crippen LogP contribution in [0.5, 0.6) is 0 Å². The van der Waals surface area contributed by atoms with Gasteiger partial charge < -0.3 is 27.9 Å². The summed E-state index contributed by atoms with van der Waals surface area (Å²) < 4.78 is 19.8. The largest absolute Gasteiger partial charge is 0.369 e. The SMILES string of the molecule is C[SiH](C)N[SiH3].C[SiH](C)N[SiH3].C[SiH](C)N[SiH3].C[SiH](C)N[SiH3].C[SiH](C)N[SiH3].C[SiH](C)N[SiH3].[Na]. The van der Waals surface area contributed by atoms with E-state index >= 15 is 0 Å². The molecule has 0 rings (SSSR count). The van der Waals surface area contributed by atoms with Crippen LogP contribution < -0.4 is 27.9 Å². The van der Waals surface area contributed by atoms with Crippen LogP contribution in [0.15, 0.2) is 0 Å². The van der Waals surface area contributed by atoms with Crippen molar-refractivity contribution in [1.29, 1.82) is 0 Å². The van der Waals surface area contributed by atoms with Crippen LogP contribution in [0.3, 0.4) is 0 Å². The molecule has 0 saturated heterocycles. The van der Waals surface area contributed by atoms with Crippen LogP contribution in [0, 0.1) is 0 Å². The first-order valence-corrected chi connectivity index (χ1v) is 35.0. The molecular formula is C12H66N6NaSi12. The Bertz CT molecular complexity index is 198. The molecule has 19 heteroatoms. The van der Waals surface area contributed by atoms with Crippen molar-refractivity contribution >= 4 is 146 Å². The first-order valence-electron chi connectivity index (χ1n) is 11.7. The van der Waals surface area contributed by atoms with E-state index in [0.29, 0.717) is 0 Å². The predicted octanol–water partition coefficient (Wildman–Crippen LogP) is -7.34. The van der Waals surface area contributed by atoms with Crippen LogP contribution in [-0.4, -0.2) is 146 Å². The molecule has 0 unspecified atom stereocenters. The van der Waals surface area contributed by atoms with Gasteiger partial charge in [-0.05, 0) is 0 Å². The van der Waals surface area contributed by atoms with Gasteiger partial charge in [-0.3, -0.25) is 0 Å². The van der Waals surface area contributed by atoms with Crippen molar-refractivity contribution in [3.05, 3.63) is 0 Å². The monoisotopic (exact) mass is 653 g/mol. The average molecular weight is 655 g/mol. The zero-order chi connectivity index (χ0) is 25.7. The second-order valence-electron chi connectivity index (χ2n) is 8.66. The van der Waals surface area contributed by atoms with Crippen molar-refractivity contribution in [3.63, 3.8) is 0 Å². The summed E-state index contributed by atoms with van der Waals surface area (Å²) in [7, 11) is 5.08. The van der Waals surface area contributed by atoms with E-state index in [-0.39, 0.29) is 83.3 Å². The first-order chi connectivity index (χ1) is 13.6. The van der Waals surface area contributed by atoms with Crippen molar-refractivity contribution in [3.8, 4) is 0 Å². The fourth-order valence-electron chi connectivity index (χ4n) is 0. The minimum Gasteiger partial charge on any atom is -0.369 e. The molecule has 0 fully saturated rings. The Balaban J connectivity index is -0.0000000443. The number of hydrogen-bond donors (Lipinski definition) is 6. The standard InChI is InChI=1S/6C2H11NSi2.Na/c6*1-5(2)3-4;/h6*3,5H,1-2,4H3;. The maximum Gasteiger partial charge on any atom is 0.0950 e. The summed E-state index contributed by atoms with van der Waals surface area (Å²) in [6.45, 7) is 27.4. The molecular weight excluding hydrogens is 588 g/mol. The summed E-state index contributed by atoms with van der Waals surface area (Å²) in [5.41, 5.74) is 0. The van der Waals surface area contributed by atoms with Gasteiger partial charge in [0.15, 0.2) is 0 Å². The van der Waals surface area contributed by atoms with Crippen molar-refractivity contribution in [2.45, 2.75) is 78.6 Å². The molecule has 0 aliphatic heterocycles. The van der Waals surface area contributed by atoms with Crippen LogP contribution in [-0.2, 0) is 0 Å². The Kier molecular flexibility index (Phi) is 76.9. The Morgan fingerprint density at radius 1 is 0.290 bits per heavy atom. The van der Waals surface area contributed by atoms with E-state index in [2.05, 4.69) is 106 Å². The van der Waals surface area contributed by atoms with Crippen LogP contribution in [0.4, 0.5) is 0 Å². The van der Waals surface area contributed by atoms with Crippen molar-refractivity contribution < 1.29 is 0 Å². The zero-order valence-electron chi connectivity index (χ0n) is 25.5. The van der Waals surface area contributed by atoms with Gasteiger partial charge in [0.25, 0.3) is 0 Å². The van der Waals surface area contributed by atoms with E-state index in [1.165, 1.54) is 62.4 Å². The summed E-state index contributed by atoms with van der Waals surface area (Å²) in [5, 5.41) is 0. The van der Waals surface area contributed by atoms with Crippen molar-refractivity contribution in [2.75, 3.05) is 0 Å². The van der Waals surface area contributed by atoms with Crippen molar-refractivity contribution in [2.24, 2.45) is 0 Å². The van der Waals surface area contributed by atoms with Gasteiger partial charge in [0, 0.05) is 29.6 Å². The van der Waals surface area contributed by atoms with E-state index in [1.54, 1.807) is 0 Å². The Morgan fingerprint density at radius 3 is 0.323 bits per heavy atom. The minimum absolute atomic E-state index is 0. The fourth-order valence-corrected chi connectivity index (χ4v) is 0. The summed E-state index contributed by atoms with van der Waals surface area (Å²) in [4.78, 5) is 0. The second-order valence-corrected chi connectivity index (χ2v) is 36.4. The van der Waals surface area contributed by atoms with Crippen LogP contribution in [0.25, 0.3) is 0 Å². The first kappa shape index (κ1) is 51.1. The van der Waals surface area contributed by atoms with Crippen LogP contribution in [0.2, 0.25) is 78.6 Å². The molecule has 193 valence electrons. The van der Waals surface area contributed by atoms with Gasteiger partial charge in [-0.15, -0.1) is 0 Å². The third kappa shape index (κ3) is 139. The Labute approximate surface area is 249 Å². The maximum absolute atomic E-state index is 3.31. The van der Waals surface area contributed by atoms with E-state index in [4.69, 9.17) is 0 Å². The maximum atomic E-state index is 3.31. The molecule has 0 aromatic carbocycles. The summed E-state index contributed by atoms with van der Waals surface area (Å²) in [6, 6.07) is 0. The van der Waals surface area contributed by atoms with E-state index < -0.39 is 0 Å². The topological polar surface area (TPSA) is 72.2 Å². The molecule has 0 bridgehead atoms.